The van der Waals surface area contributed by atoms with Crippen molar-refractivity contribution in [1.82, 2.24) is 5.32 Å². The summed E-state index contributed by atoms with van der Waals surface area (Å²) in [5.74, 6) is -0.341. The normalized spacial score (nSPS) is 9.13. The zero-order valence-corrected chi connectivity index (χ0v) is 10.9. The van der Waals surface area contributed by atoms with Crippen molar-refractivity contribution in [2.45, 2.75) is 13.3 Å². The summed E-state index contributed by atoms with van der Waals surface area (Å²) >= 11 is 0. The van der Waals surface area contributed by atoms with Crippen LogP contribution in [-0.4, -0.2) is 52.2 Å². The van der Waals surface area contributed by atoms with Gasteiger partial charge in [-0.15, -0.1) is 0 Å². The third-order valence-corrected chi connectivity index (χ3v) is 1.83. The number of phenolic OH excluding ortho intramolecular Hbond substituents is 2. The van der Waals surface area contributed by atoms with Crippen LogP contribution in [0.15, 0.2) is 18.2 Å². The maximum atomic E-state index is 10.6. The molecule has 0 unspecified atom stereocenters. The predicted molar refractivity (Wildman–Crippen MR) is 57.9 cm³/mol. The van der Waals surface area contributed by atoms with Crippen LogP contribution in [0.3, 0.4) is 0 Å². The first-order chi connectivity index (χ1) is 6.59. The average Bonchev–Trinajstić information content (AvgIpc) is 2.10. The summed E-state index contributed by atoms with van der Waals surface area (Å²) in [7, 11) is 0. The molecule has 1 aromatic carbocycles. The fourth-order valence-electron chi connectivity index (χ4n) is 1.11. The molecule has 0 fully saturated rings. The first-order valence-corrected chi connectivity index (χ1v) is 4.35. The number of benzene rings is 1. The number of hydrogen-bond acceptors (Lipinski definition) is 3. The molecule has 0 atom stereocenters. The predicted octanol–water partition coefficient (Wildman–Crippen LogP) is 0.396. The maximum Gasteiger partial charge on any atom is 0.216 e. The molecule has 0 aliphatic heterocycles. The molecule has 4 nitrogen and oxygen atoms in total. The summed E-state index contributed by atoms with van der Waals surface area (Å²) in [5, 5.41) is 20.9. The third kappa shape index (κ3) is 5.06. The Morgan fingerprint density at radius 1 is 1.33 bits per heavy atom. The largest absolute Gasteiger partial charge is 0.504 e. The van der Waals surface area contributed by atoms with Gasteiger partial charge in [0.25, 0.3) is 0 Å². The van der Waals surface area contributed by atoms with Crippen molar-refractivity contribution < 1.29 is 15.0 Å². The summed E-state index contributed by atoms with van der Waals surface area (Å²) in [4.78, 5) is 10.6. The van der Waals surface area contributed by atoms with Crippen LogP contribution in [0, 0.1) is 0 Å². The summed E-state index contributed by atoms with van der Waals surface area (Å²) in [5.41, 5.74) is 0.869. The zero-order valence-electron chi connectivity index (χ0n) is 8.95. The van der Waals surface area contributed by atoms with E-state index in [1.54, 1.807) is 6.07 Å². The van der Waals surface area contributed by atoms with Crippen LogP contribution < -0.4 is 5.32 Å². The van der Waals surface area contributed by atoms with E-state index in [2.05, 4.69) is 5.32 Å². The van der Waals surface area contributed by atoms with Crippen LogP contribution in [0.2, 0.25) is 0 Å². The molecule has 0 aromatic heterocycles. The monoisotopic (exact) mass is 218 g/mol. The summed E-state index contributed by atoms with van der Waals surface area (Å²) in [6.07, 6.45) is 0.632. The Balaban J connectivity index is 0.00000196. The molecule has 0 saturated carbocycles. The molecule has 0 aliphatic rings. The van der Waals surface area contributed by atoms with E-state index in [4.69, 9.17) is 5.11 Å². The first-order valence-electron chi connectivity index (χ1n) is 4.35. The van der Waals surface area contributed by atoms with Crippen molar-refractivity contribution in [3.63, 3.8) is 0 Å². The van der Waals surface area contributed by atoms with Crippen molar-refractivity contribution in [2.75, 3.05) is 6.54 Å². The van der Waals surface area contributed by atoms with Gasteiger partial charge < -0.3 is 15.5 Å². The maximum absolute atomic E-state index is 10.6. The minimum absolute atomic E-state index is 0. The van der Waals surface area contributed by atoms with Gasteiger partial charge in [-0.05, 0) is 24.1 Å². The number of carbonyl (C=O) groups excluding carboxylic acids is 1. The van der Waals surface area contributed by atoms with Crippen molar-refractivity contribution in [3.8, 4) is 11.5 Å². The second kappa shape index (κ2) is 6.71. The van der Waals surface area contributed by atoms with Crippen LogP contribution in [0.5, 0.6) is 11.5 Å². The van der Waals surface area contributed by atoms with Gasteiger partial charge in [0.15, 0.2) is 11.5 Å². The van der Waals surface area contributed by atoms with E-state index in [1.807, 2.05) is 0 Å². The van der Waals surface area contributed by atoms with Crippen LogP contribution in [0.1, 0.15) is 12.5 Å². The molecule has 15 heavy (non-hydrogen) atoms. The molecule has 0 spiro atoms. The van der Waals surface area contributed by atoms with Crippen LogP contribution >= 0.6 is 0 Å². The Bertz CT molecular complexity index is 341. The number of phenols is 2. The van der Waals surface area contributed by atoms with Gasteiger partial charge in [0, 0.05) is 43.0 Å². The van der Waals surface area contributed by atoms with Crippen molar-refractivity contribution >= 4 is 35.5 Å². The molecule has 1 rings (SSSR count). The number of rotatable bonds is 3. The van der Waals surface area contributed by atoms with Gasteiger partial charge >= 0.3 is 0 Å². The van der Waals surface area contributed by atoms with Crippen LogP contribution in [0.4, 0.5) is 0 Å². The van der Waals surface area contributed by atoms with Gasteiger partial charge in [-0.1, -0.05) is 6.07 Å². The molecule has 1 radical (unpaired) electrons. The SMILES string of the molecule is CC(=O)NCCc1ccc(O)c(O)c1.[Na]. The van der Waals surface area contributed by atoms with E-state index in [1.165, 1.54) is 19.1 Å². The molecular weight excluding hydrogens is 205 g/mol. The Hall–Kier alpha value is -0.710. The number of carbonyl (C=O) groups is 1. The third-order valence-electron chi connectivity index (χ3n) is 1.83. The molecule has 0 saturated heterocycles. The van der Waals surface area contributed by atoms with Crippen LogP contribution in [-0.2, 0) is 11.2 Å². The van der Waals surface area contributed by atoms with E-state index in [0.717, 1.165) is 5.56 Å². The number of hydrogen-bond donors (Lipinski definition) is 3. The molecule has 0 bridgehead atoms. The molecule has 0 heterocycles. The minimum Gasteiger partial charge on any atom is -0.504 e. The number of amides is 1. The van der Waals surface area contributed by atoms with Crippen molar-refractivity contribution in [1.29, 1.82) is 0 Å². The molecule has 3 N–H and O–H groups in total. The second-order valence-electron chi connectivity index (χ2n) is 3.06. The van der Waals surface area contributed by atoms with Crippen molar-refractivity contribution in [3.05, 3.63) is 23.8 Å². The van der Waals surface area contributed by atoms with Gasteiger partial charge in [0.1, 0.15) is 0 Å². The Morgan fingerprint density at radius 3 is 2.53 bits per heavy atom. The quantitative estimate of drug-likeness (QED) is 0.508. The van der Waals surface area contributed by atoms with E-state index in [9.17, 15) is 9.90 Å². The molecule has 1 aromatic rings. The van der Waals surface area contributed by atoms with Gasteiger partial charge in [0.05, 0.1) is 0 Å². The summed E-state index contributed by atoms with van der Waals surface area (Å²) < 4.78 is 0. The fourth-order valence-corrected chi connectivity index (χ4v) is 1.11. The van der Waals surface area contributed by atoms with Crippen LogP contribution in [0.25, 0.3) is 0 Å². The molecular formula is C10H13NNaO3. The van der Waals surface area contributed by atoms with E-state index in [-0.39, 0.29) is 47.0 Å². The average molecular weight is 218 g/mol. The summed E-state index contributed by atoms with van der Waals surface area (Å²) in [6.45, 7) is 1.98. The molecule has 1 amide bonds. The standard InChI is InChI=1S/C10H13NO3.Na/c1-7(12)11-5-4-8-2-3-9(13)10(14)6-8;/h2-3,6,13-14H,4-5H2,1H3,(H,11,12);. The van der Waals surface area contributed by atoms with E-state index in [0.29, 0.717) is 13.0 Å². The van der Waals surface area contributed by atoms with Crippen molar-refractivity contribution in [2.24, 2.45) is 0 Å². The smallest absolute Gasteiger partial charge is 0.216 e. The number of nitrogens with one attached hydrogen (secondary N) is 1. The van der Waals surface area contributed by atoms with E-state index < -0.39 is 0 Å². The Kier molecular flexibility index (Phi) is 6.40. The Morgan fingerprint density at radius 2 is 2.00 bits per heavy atom. The fraction of sp³-hybridized carbons (Fsp3) is 0.300. The zero-order chi connectivity index (χ0) is 10.6. The Labute approximate surface area is 111 Å². The van der Waals surface area contributed by atoms with Gasteiger partial charge in [-0.3, -0.25) is 4.79 Å². The second-order valence-corrected chi connectivity index (χ2v) is 3.06. The summed E-state index contributed by atoms with van der Waals surface area (Å²) in [6, 6.07) is 4.62. The minimum atomic E-state index is -0.134. The van der Waals surface area contributed by atoms with Gasteiger partial charge in [0.2, 0.25) is 5.91 Å². The van der Waals surface area contributed by atoms with E-state index >= 15 is 0 Å². The molecule has 5 heteroatoms. The topological polar surface area (TPSA) is 69.6 Å². The molecule has 0 aliphatic carbocycles. The van der Waals surface area contributed by atoms with Gasteiger partial charge in [-0.25, -0.2) is 0 Å². The number of aromatic hydroxyl groups is 2. The van der Waals surface area contributed by atoms with Gasteiger partial charge in [-0.2, -0.15) is 0 Å². The molecule has 77 valence electrons. The first kappa shape index (κ1) is 14.3.